The van der Waals surface area contributed by atoms with Crippen molar-refractivity contribution in [3.05, 3.63) is 35.9 Å². The SMILES string of the molecule is CN1CCCN(C(=O)[C@@H](N)Cc2ccccc2)CC1. The molecule has 1 aromatic rings. The highest BCUT2D eigenvalue weighted by Crippen LogP contribution is 2.07. The van der Waals surface area contributed by atoms with Crippen LogP contribution in [0.4, 0.5) is 0 Å². The molecule has 4 nitrogen and oxygen atoms in total. The second-order valence-electron chi connectivity index (χ2n) is 5.28. The highest BCUT2D eigenvalue weighted by molar-refractivity contribution is 5.82. The van der Waals surface area contributed by atoms with Crippen molar-refractivity contribution in [1.82, 2.24) is 9.80 Å². The Balaban J connectivity index is 1.91. The molecule has 4 heteroatoms. The van der Waals surface area contributed by atoms with E-state index in [0.29, 0.717) is 6.42 Å². The number of carbonyl (C=O) groups is 1. The predicted molar refractivity (Wildman–Crippen MR) is 76.8 cm³/mol. The third-order valence-electron chi connectivity index (χ3n) is 3.65. The van der Waals surface area contributed by atoms with Crippen LogP contribution in [0.3, 0.4) is 0 Å². The Kier molecular flexibility index (Phi) is 4.93. The molecule has 1 fully saturated rings. The zero-order chi connectivity index (χ0) is 13.7. The fourth-order valence-corrected chi connectivity index (χ4v) is 2.46. The summed E-state index contributed by atoms with van der Waals surface area (Å²) in [6, 6.07) is 9.54. The first-order valence-electron chi connectivity index (χ1n) is 6.93. The lowest BCUT2D eigenvalue weighted by molar-refractivity contribution is -0.132. The highest BCUT2D eigenvalue weighted by Gasteiger charge is 2.22. The lowest BCUT2D eigenvalue weighted by Gasteiger charge is -2.24. The van der Waals surface area contributed by atoms with Gasteiger partial charge in [0.25, 0.3) is 0 Å². The molecule has 0 unspecified atom stereocenters. The Hall–Kier alpha value is -1.39. The molecule has 104 valence electrons. The number of amides is 1. The van der Waals surface area contributed by atoms with Crippen molar-refractivity contribution in [1.29, 1.82) is 0 Å². The summed E-state index contributed by atoms with van der Waals surface area (Å²) in [7, 11) is 2.10. The van der Waals surface area contributed by atoms with Gasteiger partial charge in [-0.1, -0.05) is 30.3 Å². The minimum atomic E-state index is -0.425. The van der Waals surface area contributed by atoms with Gasteiger partial charge in [-0.3, -0.25) is 4.79 Å². The van der Waals surface area contributed by atoms with Crippen LogP contribution in [0.5, 0.6) is 0 Å². The Labute approximate surface area is 115 Å². The maximum atomic E-state index is 12.3. The summed E-state index contributed by atoms with van der Waals surface area (Å²) in [4.78, 5) is 16.5. The number of hydrogen-bond donors (Lipinski definition) is 1. The minimum Gasteiger partial charge on any atom is -0.340 e. The van der Waals surface area contributed by atoms with Crippen molar-refractivity contribution in [2.24, 2.45) is 5.73 Å². The van der Waals surface area contributed by atoms with Gasteiger partial charge in [-0.15, -0.1) is 0 Å². The van der Waals surface area contributed by atoms with Gasteiger partial charge in [0.05, 0.1) is 6.04 Å². The van der Waals surface area contributed by atoms with Crippen LogP contribution in [0.2, 0.25) is 0 Å². The first kappa shape index (κ1) is 14.0. The Morgan fingerprint density at radius 2 is 1.95 bits per heavy atom. The predicted octanol–water partition coefficient (Wildman–Crippen LogP) is 0.721. The standard InChI is InChI=1S/C15H23N3O/c1-17-8-5-9-18(11-10-17)15(19)14(16)12-13-6-3-2-4-7-13/h2-4,6-7,14H,5,8-12,16H2,1H3/t14-/m0/s1. The van der Waals surface area contributed by atoms with Crippen LogP contribution in [0.25, 0.3) is 0 Å². The van der Waals surface area contributed by atoms with Gasteiger partial charge < -0.3 is 15.5 Å². The number of hydrogen-bond acceptors (Lipinski definition) is 3. The fourth-order valence-electron chi connectivity index (χ4n) is 2.46. The molecule has 1 aliphatic rings. The Morgan fingerprint density at radius 1 is 1.21 bits per heavy atom. The van der Waals surface area contributed by atoms with Gasteiger partial charge in [0.15, 0.2) is 0 Å². The lowest BCUT2D eigenvalue weighted by atomic mass is 10.1. The molecule has 1 amide bonds. The number of nitrogens with zero attached hydrogens (tertiary/aromatic N) is 2. The maximum Gasteiger partial charge on any atom is 0.239 e. The average molecular weight is 261 g/mol. The molecule has 0 saturated carbocycles. The van der Waals surface area contributed by atoms with Crippen LogP contribution in [0.1, 0.15) is 12.0 Å². The summed E-state index contributed by atoms with van der Waals surface area (Å²) in [6.45, 7) is 3.60. The third-order valence-corrected chi connectivity index (χ3v) is 3.65. The summed E-state index contributed by atoms with van der Waals surface area (Å²) in [5.74, 6) is 0.0825. The molecule has 1 saturated heterocycles. The van der Waals surface area contributed by atoms with E-state index >= 15 is 0 Å². The normalized spacial score (nSPS) is 18.9. The van der Waals surface area contributed by atoms with Gasteiger partial charge >= 0.3 is 0 Å². The minimum absolute atomic E-state index is 0.0825. The molecule has 0 bridgehead atoms. The number of rotatable bonds is 3. The molecular formula is C15H23N3O. The smallest absolute Gasteiger partial charge is 0.239 e. The van der Waals surface area contributed by atoms with Gasteiger partial charge in [-0.2, -0.15) is 0 Å². The summed E-state index contributed by atoms with van der Waals surface area (Å²) in [6.07, 6.45) is 1.65. The summed E-state index contributed by atoms with van der Waals surface area (Å²) in [5.41, 5.74) is 7.18. The molecule has 1 aromatic carbocycles. The molecule has 2 rings (SSSR count). The first-order valence-corrected chi connectivity index (χ1v) is 6.93. The van der Waals surface area contributed by atoms with Gasteiger partial charge in [0, 0.05) is 19.6 Å². The van der Waals surface area contributed by atoms with Crippen LogP contribution in [-0.4, -0.2) is 55.0 Å². The Bertz CT molecular complexity index is 407. The van der Waals surface area contributed by atoms with E-state index in [1.54, 1.807) is 0 Å². The van der Waals surface area contributed by atoms with E-state index in [4.69, 9.17) is 5.73 Å². The molecule has 0 radical (unpaired) electrons. The number of carbonyl (C=O) groups excluding carboxylic acids is 1. The van der Waals surface area contributed by atoms with Crippen LogP contribution >= 0.6 is 0 Å². The quantitative estimate of drug-likeness (QED) is 0.872. The van der Waals surface area contributed by atoms with E-state index in [1.165, 1.54) is 0 Å². The second-order valence-corrected chi connectivity index (χ2v) is 5.28. The first-order chi connectivity index (χ1) is 9.16. The topological polar surface area (TPSA) is 49.6 Å². The van der Waals surface area contributed by atoms with E-state index in [-0.39, 0.29) is 5.91 Å². The number of nitrogens with two attached hydrogens (primary N) is 1. The van der Waals surface area contributed by atoms with Crippen molar-refractivity contribution < 1.29 is 4.79 Å². The van der Waals surface area contributed by atoms with Gasteiger partial charge in [-0.05, 0) is 32.0 Å². The monoisotopic (exact) mass is 261 g/mol. The molecule has 0 spiro atoms. The maximum absolute atomic E-state index is 12.3. The van der Waals surface area contributed by atoms with Gasteiger partial charge in [-0.25, -0.2) is 0 Å². The van der Waals surface area contributed by atoms with E-state index in [0.717, 1.165) is 38.2 Å². The summed E-state index contributed by atoms with van der Waals surface area (Å²) < 4.78 is 0. The second kappa shape index (κ2) is 6.68. The van der Waals surface area contributed by atoms with E-state index < -0.39 is 6.04 Å². The van der Waals surface area contributed by atoms with Crippen LogP contribution in [0, 0.1) is 0 Å². The number of likely N-dealkylation sites (N-methyl/N-ethyl adjacent to an activating group) is 1. The van der Waals surface area contributed by atoms with Crippen molar-refractivity contribution in [3.63, 3.8) is 0 Å². The fraction of sp³-hybridized carbons (Fsp3) is 0.533. The summed E-state index contributed by atoms with van der Waals surface area (Å²) in [5, 5.41) is 0. The zero-order valence-corrected chi connectivity index (χ0v) is 11.6. The van der Waals surface area contributed by atoms with E-state index in [1.807, 2.05) is 35.2 Å². The molecular weight excluding hydrogens is 238 g/mol. The van der Waals surface area contributed by atoms with E-state index in [9.17, 15) is 4.79 Å². The molecule has 2 N–H and O–H groups in total. The van der Waals surface area contributed by atoms with E-state index in [2.05, 4.69) is 11.9 Å². The van der Waals surface area contributed by atoms with Gasteiger partial charge in [0.1, 0.15) is 0 Å². The third kappa shape index (κ3) is 4.04. The highest BCUT2D eigenvalue weighted by atomic mass is 16.2. The molecule has 0 aliphatic carbocycles. The lowest BCUT2D eigenvalue weighted by Crippen LogP contribution is -2.46. The molecule has 1 atom stereocenters. The van der Waals surface area contributed by atoms with Crippen LogP contribution < -0.4 is 5.73 Å². The largest absolute Gasteiger partial charge is 0.340 e. The van der Waals surface area contributed by atoms with Crippen molar-refractivity contribution >= 4 is 5.91 Å². The van der Waals surface area contributed by atoms with Crippen molar-refractivity contribution in [2.45, 2.75) is 18.9 Å². The molecule has 19 heavy (non-hydrogen) atoms. The van der Waals surface area contributed by atoms with Gasteiger partial charge in [0.2, 0.25) is 5.91 Å². The van der Waals surface area contributed by atoms with Crippen molar-refractivity contribution in [3.8, 4) is 0 Å². The molecule has 0 aromatic heterocycles. The number of benzene rings is 1. The molecule has 1 heterocycles. The summed E-state index contributed by atoms with van der Waals surface area (Å²) >= 11 is 0. The van der Waals surface area contributed by atoms with Crippen LogP contribution in [-0.2, 0) is 11.2 Å². The van der Waals surface area contributed by atoms with Crippen LogP contribution in [0.15, 0.2) is 30.3 Å². The zero-order valence-electron chi connectivity index (χ0n) is 11.6. The molecule has 1 aliphatic heterocycles. The Morgan fingerprint density at radius 3 is 2.68 bits per heavy atom. The van der Waals surface area contributed by atoms with Crippen molar-refractivity contribution in [2.75, 3.05) is 33.2 Å². The average Bonchev–Trinajstić information content (AvgIpc) is 2.64.